The van der Waals surface area contributed by atoms with Crippen molar-refractivity contribution in [1.82, 2.24) is 0 Å². The Kier molecular flexibility index (Phi) is 2.93. The molecule has 0 N–H and O–H groups in total. The average Bonchev–Trinajstić information content (AvgIpc) is 2.11. The number of hydrogen-bond acceptors (Lipinski definition) is 0. The van der Waals surface area contributed by atoms with Crippen molar-refractivity contribution in [3.8, 4) is 0 Å². The van der Waals surface area contributed by atoms with E-state index in [1.165, 1.54) is 6.07 Å². The van der Waals surface area contributed by atoms with Gasteiger partial charge in [0.2, 0.25) is 0 Å². The molecule has 1 aromatic carbocycles. The molecule has 0 atom stereocenters. The Morgan fingerprint density at radius 3 is 2.29 bits per heavy atom. The minimum Gasteiger partial charge on any atom is -0.207 e. The van der Waals surface area contributed by atoms with Gasteiger partial charge in [0.15, 0.2) is 0 Å². The SMILES string of the molecule is CCC(C)(C)c1cc(F)cc(F)c1C. The van der Waals surface area contributed by atoms with Gasteiger partial charge in [0.05, 0.1) is 0 Å². The molecule has 0 heterocycles. The number of rotatable bonds is 2. The van der Waals surface area contributed by atoms with Crippen LogP contribution in [0.4, 0.5) is 8.78 Å². The van der Waals surface area contributed by atoms with Crippen LogP contribution in [-0.4, -0.2) is 0 Å². The van der Waals surface area contributed by atoms with Crippen molar-refractivity contribution in [2.45, 2.75) is 39.5 Å². The number of hydrogen-bond donors (Lipinski definition) is 0. The zero-order chi connectivity index (χ0) is 10.9. The summed E-state index contributed by atoms with van der Waals surface area (Å²) in [5.41, 5.74) is 1.14. The van der Waals surface area contributed by atoms with E-state index in [1.807, 2.05) is 20.8 Å². The van der Waals surface area contributed by atoms with E-state index in [-0.39, 0.29) is 5.41 Å². The fourth-order valence-electron chi connectivity index (χ4n) is 1.54. The van der Waals surface area contributed by atoms with E-state index in [9.17, 15) is 8.78 Å². The summed E-state index contributed by atoms with van der Waals surface area (Å²) in [5.74, 6) is -0.953. The molecule has 0 unspecified atom stereocenters. The lowest BCUT2D eigenvalue weighted by molar-refractivity contribution is 0.486. The first kappa shape index (κ1) is 11.2. The molecule has 0 aromatic heterocycles. The minimum absolute atomic E-state index is 0.174. The first-order chi connectivity index (χ1) is 6.38. The van der Waals surface area contributed by atoms with E-state index in [2.05, 4.69) is 0 Å². The summed E-state index contributed by atoms with van der Waals surface area (Å²) in [5, 5.41) is 0. The molecule has 0 saturated heterocycles. The van der Waals surface area contributed by atoms with Crippen molar-refractivity contribution in [1.29, 1.82) is 0 Å². The molecular formula is C12H16F2. The Morgan fingerprint density at radius 1 is 1.21 bits per heavy atom. The van der Waals surface area contributed by atoms with Gasteiger partial charge >= 0.3 is 0 Å². The van der Waals surface area contributed by atoms with E-state index < -0.39 is 11.6 Å². The molecule has 0 amide bonds. The number of halogens is 2. The highest BCUT2D eigenvalue weighted by molar-refractivity contribution is 5.33. The summed E-state index contributed by atoms with van der Waals surface area (Å²) in [6.07, 6.45) is 0.858. The smallest absolute Gasteiger partial charge is 0.129 e. The molecule has 0 fully saturated rings. The zero-order valence-corrected chi connectivity index (χ0v) is 9.12. The number of benzene rings is 1. The van der Waals surface area contributed by atoms with Crippen LogP contribution in [0.25, 0.3) is 0 Å². The molecule has 0 saturated carbocycles. The molecule has 0 radical (unpaired) electrons. The summed E-state index contributed by atoms with van der Waals surface area (Å²) >= 11 is 0. The van der Waals surface area contributed by atoms with E-state index >= 15 is 0 Å². The molecule has 0 aliphatic rings. The molecule has 78 valence electrons. The second-order valence-corrected chi connectivity index (χ2v) is 4.30. The van der Waals surface area contributed by atoms with Crippen LogP contribution in [0.1, 0.15) is 38.3 Å². The maximum Gasteiger partial charge on any atom is 0.129 e. The van der Waals surface area contributed by atoms with Crippen molar-refractivity contribution in [2.24, 2.45) is 0 Å². The standard InChI is InChI=1S/C12H16F2/c1-5-12(3,4)10-6-9(13)7-11(14)8(10)2/h6-7H,5H2,1-4H3. The Morgan fingerprint density at radius 2 is 1.79 bits per heavy atom. The summed E-state index contributed by atoms with van der Waals surface area (Å²) in [7, 11) is 0. The van der Waals surface area contributed by atoms with Crippen molar-refractivity contribution < 1.29 is 8.78 Å². The summed E-state index contributed by atoms with van der Waals surface area (Å²) in [4.78, 5) is 0. The van der Waals surface area contributed by atoms with Crippen LogP contribution in [-0.2, 0) is 5.41 Å². The third-order valence-electron chi connectivity index (χ3n) is 2.92. The van der Waals surface area contributed by atoms with Crippen molar-refractivity contribution in [3.63, 3.8) is 0 Å². The predicted octanol–water partition coefficient (Wildman–Crippen LogP) is 3.96. The van der Waals surface area contributed by atoms with Crippen LogP contribution in [0.2, 0.25) is 0 Å². The average molecular weight is 198 g/mol. The second kappa shape index (κ2) is 3.68. The molecule has 0 bridgehead atoms. The Balaban J connectivity index is 3.34. The molecule has 14 heavy (non-hydrogen) atoms. The predicted molar refractivity (Wildman–Crippen MR) is 54.4 cm³/mol. The first-order valence-corrected chi connectivity index (χ1v) is 4.84. The van der Waals surface area contributed by atoms with Gasteiger partial charge in [0, 0.05) is 6.07 Å². The van der Waals surface area contributed by atoms with Crippen LogP contribution < -0.4 is 0 Å². The summed E-state index contributed by atoms with van der Waals surface area (Å²) in [6, 6.07) is 2.37. The van der Waals surface area contributed by atoms with Crippen LogP contribution in [0.3, 0.4) is 0 Å². The molecule has 0 spiro atoms. The summed E-state index contributed by atoms with van der Waals surface area (Å²) in [6.45, 7) is 7.70. The lowest BCUT2D eigenvalue weighted by Crippen LogP contribution is -2.18. The highest BCUT2D eigenvalue weighted by Gasteiger charge is 2.22. The van der Waals surface area contributed by atoms with Crippen LogP contribution in [0.15, 0.2) is 12.1 Å². The Hall–Kier alpha value is -0.920. The van der Waals surface area contributed by atoms with Crippen LogP contribution in [0.5, 0.6) is 0 Å². The second-order valence-electron chi connectivity index (χ2n) is 4.30. The van der Waals surface area contributed by atoms with Gasteiger partial charge in [-0.2, -0.15) is 0 Å². The van der Waals surface area contributed by atoms with E-state index in [4.69, 9.17) is 0 Å². The van der Waals surface area contributed by atoms with Gasteiger partial charge in [0.25, 0.3) is 0 Å². The Bertz CT molecular complexity index is 340. The molecule has 1 rings (SSSR count). The molecule has 2 heteroatoms. The van der Waals surface area contributed by atoms with Crippen molar-refractivity contribution in [3.05, 3.63) is 34.9 Å². The maximum absolute atomic E-state index is 13.3. The van der Waals surface area contributed by atoms with Gasteiger partial charge in [-0.1, -0.05) is 20.8 Å². The van der Waals surface area contributed by atoms with Gasteiger partial charge in [-0.3, -0.25) is 0 Å². The Labute approximate surface area is 84.0 Å². The van der Waals surface area contributed by atoms with Crippen LogP contribution in [0, 0.1) is 18.6 Å². The molecule has 1 aromatic rings. The van der Waals surface area contributed by atoms with E-state index in [0.29, 0.717) is 5.56 Å². The lowest BCUT2D eigenvalue weighted by atomic mass is 9.80. The van der Waals surface area contributed by atoms with Crippen LogP contribution >= 0.6 is 0 Å². The molecule has 0 nitrogen and oxygen atoms in total. The van der Waals surface area contributed by atoms with Gasteiger partial charge < -0.3 is 0 Å². The third kappa shape index (κ3) is 1.94. The quantitative estimate of drug-likeness (QED) is 0.674. The van der Waals surface area contributed by atoms with E-state index in [1.54, 1.807) is 6.92 Å². The highest BCUT2D eigenvalue weighted by Crippen LogP contribution is 2.31. The zero-order valence-electron chi connectivity index (χ0n) is 9.12. The van der Waals surface area contributed by atoms with E-state index in [0.717, 1.165) is 18.1 Å². The minimum atomic E-state index is -0.496. The maximum atomic E-state index is 13.3. The van der Waals surface area contributed by atoms with Crippen molar-refractivity contribution >= 4 is 0 Å². The lowest BCUT2D eigenvalue weighted by Gasteiger charge is -2.25. The monoisotopic (exact) mass is 198 g/mol. The largest absolute Gasteiger partial charge is 0.207 e. The van der Waals surface area contributed by atoms with Crippen molar-refractivity contribution in [2.75, 3.05) is 0 Å². The van der Waals surface area contributed by atoms with Gasteiger partial charge in [-0.15, -0.1) is 0 Å². The van der Waals surface area contributed by atoms with Gasteiger partial charge in [-0.25, -0.2) is 8.78 Å². The van der Waals surface area contributed by atoms with Gasteiger partial charge in [-0.05, 0) is 36.0 Å². The fourth-order valence-corrected chi connectivity index (χ4v) is 1.54. The third-order valence-corrected chi connectivity index (χ3v) is 2.92. The molecular weight excluding hydrogens is 182 g/mol. The molecule has 0 aliphatic heterocycles. The highest BCUT2D eigenvalue weighted by atomic mass is 19.1. The molecule has 0 aliphatic carbocycles. The van der Waals surface area contributed by atoms with Gasteiger partial charge in [0.1, 0.15) is 11.6 Å². The normalized spacial score (nSPS) is 11.9. The summed E-state index contributed by atoms with van der Waals surface area (Å²) < 4.78 is 26.3. The topological polar surface area (TPSA) is 0 Å². The first-order valence-electron chi connectivity index (χ1n) is 4.84. The fraction of sp³-hybridized carbons (Fsp3) is 0.500.